The van der Waals surface area contributed by atoms with E-state index in [0.29, 0.717) is 18.4 Å². The van der Waals surface area contributed by atoms with Gasteiger partial charge in [-0.1, -0.05) is 38.1 Å². The van der Waals surface area contributed by atoms with Crippen molar-refractivity contribution in [1.29, 1.82) is 0 Å². The lowest BCUT2D eigenvalue weighted by molar-refractivity contribution is -0.185. The largest absolute Gasteiger partial charge is 0.413 e. The number of Topliss-reactive ketones (excluding diaryl/α,β-unsaturated/α-hetero) is 1. The molecule has 106 valence electrons. The molecule has 5 heteroatoms. The van der Waals surface area contributed by atoms with E-state index in [1.54, 1.807) is 12.1 Å². The SMILES string of the molecule is CC(C)c1ccc(CC(=O)C(C)(N)C(F)(F)F)cc1. The van der Waals surface area contributed by atoms with E-state index in [1.807, 2.05) is 26.0 Å². The molecule has 0 bridgehead atoms. The number of rotatable bonds is 4. The minimum absolute atomic E-state index is 0.315. The van der Waals surface area contributed by atoms with Gasteiger partial charge in [-0.15, -0.1) is 0 Å². The first-order chi connectivity index (χ1) is 8.55. The van der Waals surface area contributed by atoms with E-state index in [1.165, 1.54) is 0 Å². The molecule has 2 nitrogen and oxygen atoms in total. The zero-order valence-electron chi connectivity index (χ0n) is 11.2. The molecule has 0 saturated heterocycles. The molecule has 0 aliphatic heterocycles. The summed E-state index contributed by atoms with van der Waals surface area (Å²) in [6.45, 7) is 4.74. The Kier molecular flexibility index (Phi) is 4.40. The van der Waals surface area contributed by atoms with Gasteiger partial charge in [-0.2, -0.15) is 13.2 Å². The molecule has 0 aliphatic rings. The van der Waals surface area contributed by atoms with Gasteiger partial charge in [0, 0.05) is 6.42 Å². The summed E-state index contributed by atoms with van der Waals surface area (Å²) in [5.41, 5.74) is 3.90. The number of ketones is 1. The van der Waals surface area contributed by atoms with Crippen molar-refractivity contribution < 1.29 is 18.0 Å². The van der Waals surface area contributed by atoms with Gasteiger partial charge in [-0.3, -0.25) is 4.79 Å². The average Bonchev–Trinajstić information content (AvgIpc) is 2.28. The molecule has 2 N–H and O–H groups in total. The number of hydrogen-bond donors (Lipinski definition) is 1. The Bertz CT molecular complexity index is 447. The first-order valence-corrected chi connectivity index (χ1v) is 6.03. The van der Waals surface area contributed by atoms with Gasteiger partial charge >= 0.3 is 6.18 Å². The van der Waals surface area contributed by atoms with Crippen LogP contribution in [0.25, 0.3) is 0 Å². The number of nitrogens with two attached hydrogens (primary N) is 1. The molecule has 0 spiro atoms. The molecular weight excluding hydrogens is 255 g/mol. The van der Waals surface area contributed by atoms with E-state index in [9.17, 15) is 18.0 Å². The Morgan fingerprint density at radius 1 is 1.21 bits per heavy atom. The summed E-state index contributed by atoms with van der Waals surface area (Å²) in [6, 6.07) is 6.96. The van der Waals surface area contributed by atoms with Crippen molar-refractivity contribution in [3.05, 3.63) is 35.4 Å². The van der Waals surface area contributed by atoms with Gasteiger partial charge in [0.25, 0.3) is 0 Å². The first-order valence-electron chi connectivity index (χ1n) is 6.03. The van der Waals surface area contributed by atoms with Crippen molar-refractivity contribution in [3.8, 4) is 0 Å². The molecule has 0 radical (unpaired) electrons. The summed E-state index contributed by atoms with van der Waals surface area (Å²) in [7, 11) is 0. The Balaban J connectivity index is 2.83. The zero-order valence-corrected chi connectivity index (χ0v) is 11.2. The van der Waals surface area contributed by atoms with Crippen LogP contribution in [-0.4, -0.2) is 17.5 Å². The predicted molar refractivity (Wildman–Crippen MR) is 67.9 cm³/mol. The van der Waals surface area contributed by atoms with E-state index in [0.717, 1.165) is 5.56 Å². The number of carbonyl (C=O) groups is 1. The van der Waals surface area contributed by atoms with Crippen LogP contribution in [0.4, 0.5) is 13.2 Å². The molecule has 0 heterocycles. The van der Waals surface area contributed by atoms with Crippen LogP contribution < -0.4 is 5.73 Å². The van der Waals surface area contributed by atoms with Gasteiger partial charge < -0.3 is 5.73 Å². The van der Waals surface area contributed by atoms with Crippen LogP contribution in [-0.2, 0) is 11.2 Å². The molecule has 1 rings (SSSR count). The highest BCUT2D eigenvalue weighted by Crippen LogP contribution is 2.29. The maximum Gasteiger partial charge on any atom is 0.413 e. The van der Waals surface area contributed by atoms with Crippen LogP contribution >= 0.6 is 0 Å². The van der Waals surface area contributed by atoms with Crippen molar-refractivity contribution in [2.75, 3.05) is 0 Å². The third-order valence-electron chi connectivity index (χ3n) is 3.18. The summed E-state index contributed by atoms with van der Waals surface area (Å²) >= 11 is 0. The summed E-state index contributed by atoms with van der Waals surface area (Å²) in [5, 5.41) is 0. The Morgan fingerprint density at radius 3 is 2.05 bits per heavy atom. The fraction of sp³-hybridized carbons (Fsp3) is 0.500. The third-order valence-corrected chi connectivity index (χ3v) is 3.18. The van der Waals surface area contributed by atoms with Crippen molar-refractivity contribution >= 4 is 5.78 Å². The van der Waals surface area contributed by atoms with Crippen LogP contribution in [0.2, 0.25) is 0 Å². The van der Waals surface area contributed by atoms with Gasteiger partial charge in [0.05, 0.1) is 0 Å². The molecule has 1 atom stereocenters. The average molecular weight is 273 g/mol. The summed E-state index contributed by atoms with van der Waals surface area (Å²) in [5.74, 6) is -0.697. The monoisotopic (exact) mass is 273 g/mol. The summed E-state index contributed by atoms with van der Waals surface area (Å²) < 4.78 is 37.8. The maximum atomic E-state index is 12.6. The topological polar surface area (TPSA) is 43.1 Å². The van der Waals surface area contributed by atoms with Gasteiger partial charge in [0.15, 0.2) is 11.3 Å². The van der Waals surface area contributed by atoms with Gasteiger partial charge in [-0.05, 0) is 24.0 Å². The quantitative estimate of drug-likeness (QED) is 0.915. The molecule has 0 amide bonds. The number of carbonyl (C=O) groups excluding carboxylic acids is 1. The third kappa shape index (κ3) is 3.56. The number of benzene rings is 1. The van der Waals surface area contributed by atoms with Gasteiger partial charge in [0.1, 0.15) is 0 Å². The highest BCUT2D eigenvalue weighted by molar-refractivity contribution is 5.90. The summed E-state index contributed by atoms with van der Waals surface area (Å²) in [6.07, 6.45) is -5.05. The Labute approximate surface area is 110 Å². The summed E-state index contributed by atoms with van der Waals surface area (Å²) in [4.78, 5) is 11.7. The molecule has 0 saturated carbocycles. The van der Waals surface area contributed by atoms with Crippen LogP contribution in [0.3, 0.4) is 0 Å². The van der Waals surface area contributed by atoms with Crippen LogP contribution in [0.1, 0.15) is 37.8 Å². The second-order valence-corrected chi connectivity index (χ2v) is 5.20. The lowest BCUT2D eigenvalue weighted by Crippen LogP contribution is -2.57. The van der Waals surface area contributed by atoms with Crippen LogP contribution in [0.5, 0.6) is 0 Å². The van der Waals surface area contributed by atoms with Crippen LogP contribution in [0, 0.1) is 0 Å². The first kappa shape index (κ1) is 15.7. The van der Waals surface area contributed by atoms with Crippen molar-refractivity contribution in [2.45, 2.75) is 44.8 Å². The molecule has 0 aliphatic carbocycles. The number of alkyl halides is 3. The smallest absolute Gasteiger partial charge is 0.312 e. The Morgan fingerprint density at radius 2 is 1.68 bits per heavy atom. The second kappa shape index (κ2) is 5.33. The highest BCUT2D eigenvalue weighted by atomic mass is 19.4. The molecule has 19 heavy (non-hydrogen) atoms. The number of halogens is 3. The van der Waals surface area contributed by atoms with E-state index in [2.05, 4.69) is 0 Å². The van der Waals surface area contributed by atoms with E-state index in [4.69, 9.17) is 5.73 Å². The standard InChI is InChI=1S/C14H18F3NO/c1-9(2)11-6-4-10(5-7-11)8-12(19)13(3,18)14(15,16)17/h4-7,9H,8,18H2,1-3H3. The van der Waals surface area contributed by atoms with Gasteiger partial charge in [-0.25, -0.2) is 0 Å². The minimum atomic E-state index is -4.73. The lowest BCUT2D eigenvalue weighted by Gasteiger charge is -2.26. The minimum Gasteiger partial charge on any atom is -0.312 e. The van der Waals surface area contributed by atoms with Crippen molar-refractivity contribution in [1.82, 2.24) is 0 Å². The normalized spacial score (nSPS) is 15.4. The Hall–Kier alpha value is -1.36. The van der Waals surface area contributed by atoms with E-state index >= 15 is 0 Å². The fourth-order valence-electron chi connectivity index (χ4n) is 1.55. The fourth-order valence-corrected chi connectivity index (χ4v) is 1.55. The molecule has 1 aromatic rings. The maximum absolute atomic E-state index is 12.6. The lowest BCUT2D eigenvalue weighted by atomic mass is 9.91. The number of hydrogen-bond acceptors (Lipinski definition) is 2. The van der Waals surface area contributed by atoms with Gasteiger partial charge in [0.2, 0.25) is 0 Å². The van der Waals surface area contributed by atoms with Crippen molar-refractivity contribution in [3.63, 3.8) is 0 Å². The van der Waals surface area contributed by atoms with Crippen molar-refractivity contribution in [2.24, 2.45) is 5.73 Å². The molecule has 0 fully saturated rings. The van der Waals surface area contributed by atoms with E-state index < -0.39 is 17.5 Å². The molecular formula is C14H18F3NO. The zero-order chi connectivity index (χ0) is 14.8. The highest BCUT2D eigenvalue weighted by Gasteiger charge is 2.53. The van der Waals surface area contributed by atoms with E-state index in [-0.39, 0.29) is 6.42 Å². The molecule has 0 aromatic heterocycles. The second-order valence-electron chi connectivity index (χ2n) is 5.20. The predicted octanol–water partition coefficient (Wildman–Crippen LogP) is 3.20. The molecule has 1 aromatic carbocycles. The molecule has 1 unspecified atom stereocenters. The van der Waals surface area contributed by atoms with Crippen LogP contribution in [0.15, 0.2) is 24.3 Å².